The Kier molecular flexibility index (Phi) is 6.07. The van der Waals surface area contributed by atoms with Crippen LogP contribution in [0.15, 0.2) is 12.3 Å². The molecule has 1 heterocycles. The predicted molar refractivity (Wildman–Crippen MR) is 75.2 cm³/mol. The molecule has 0 spiro atoms. The topological polar surface area (TPSA) is 57.0 Å². The molecule has 4 nitrogen and oxygen atoms in total. The van der Waals surface area contributed by atoms with Crippen LogP contribution in [-0.4, -0.2) is 28.9 Å². The van der Waals surface area contributed by atoms with Crippen LogP contribution in [-0.2, 0) is 0 Å². The van der Waals surface area contributed by atoms with Crippen LogP contribution < -0.4 is 0 Å². The lowest BCUT2D eigenvalue weighted by molar-refractivity contribution is 0.0740. The molecule has 0 saturated carbocycles. The van der Waals surface area contributed by atoms with Gasteiger partial charge in [-0.15, -0.1) is 0 Å². The molecule has 0 atom stereocenters. The first kappa shape index (κ1) is 15.7. The summed E-state index contributed by atoms with van der Waals surface area (Å²) in [7, 11) is 0. The van der Waals surface area contributed by atoms with E-state index < -0.39 is 0 Å². The summed E-state index contributed by atoms with van der Waals surface area (Å²) >= 11 is 11.8. The Morgan fingerprint density at radius 3 is 2.79 bits per heavy atom. The van der Waals surface area contributed by atoms with E-state index in [1.165, 1.54) is 12.3 Å². The third-order valence-electron chi connectivity index (χ3n) is 2.42. The van der Waals surface area contributed by atoms with Crippen molar-refractivity contribution in [2.45, 2.75) is 20.3 Å². The summed E-state index contributed by atoms with van der Waals surface area (Å²) in [5, 5.41) is 9.14. The molecule has 0 aromatic carbocycles. The van der Waals surface area contributed by atoms with Gasteiger partial charge in [0, 0.05) is 19.3 Å². The number of pyridine rings is 1. The van der Waals surface area contributed by atoms with Gasteiger partial charge < -0.3 is 4.90 Å². The second kappa shape index (κ2) is 7.32. The van der Waals surface area contributed by atoms with Crippen LogP contribution in [0, 0.1) is 17.2 Å². The number of rotatable bonds is 5. The average Bonchev–Trinajstić information content (AvgIpc) is 2.36. The summed E-state index contributed by atoms with van der Waals surface area (Å²) in [5.41, 5.74) is 0.320. The molecule has 0 N–H and O–H groups in total. The molecule has 0 radical (unpaired) electrons. The van der Waals surface area contributed by atoms with Crippen molar-refractivity contribution in [3.63, 3.8) is 0 Å². The molecular formula is C13H15Cl2N3O. The van der Waals surface area contributed by atoms with Gasteiger partial charge in [-0.3, -0.25) is 4.79 Å². The van der Waals surface area contributed by atoms with Crippen LogP contribution in [0.1, 0.15) is 30.6 Å². The Bertz CT molecular complexity index is 497. The molecule has 1 rings (SSSR count). The lowest BCUT2D eigenvalue weighted by atomic mass is 10.1. The van der Waals surface area contributed by atoms with Gasteiger partial charge in [0.2, 0.25) is 0 Å². The molecule has 6 heteroatoms. The number of hydrogen-bond acceptors (Lipinski definition) is 3. The maximum absolute atomic E-state index is 12.4. The molecule has 0 aliphatic heterocycles. The molecule has 102 valence electrons. The van der Waals surface area contributed by atoms with E-state index in [0.29, 0.717) is 24.6 Å². The molecule has 0 aliphatic rings. The lowest BCUT2D eigenvalue weighted by Gasteiger charge is -2.24. The number of halogens is 2. The second-order valence-electron chi connectivity index (χ2n) is 4.54. The van der Waals surface area contributed by atoms with Crippen molar-refractivity contribution in [2.24, 2.45) is 5.92 Å². The van der Waals surface area contributed by atoms with Crippen LogP contribution in [0.25, 0.3) is 0 Å². The summed E-state index contributed by atoms with van der Waals surface area (Å²) in [6.45, 7) is 4.96. The largest absolute Gasteiger partial charge is 0.337 e. The number of amides is 1. The maximum atomic E-state index is 12.4. The minimum Gasteiger partial charge on any atom is -0.337 e. The molecular weight excluding hydrogens is 285 g/mol. The summed E-state index contributed by atoms with van der Waals surface area (Å²) in [4.78, 5) is 17.8. The number of carbonyl (C=O) groups is 1. The van der Waals surface area contributed by atoms with Crippen molar-refractivity contribution in [3.8, 4) is 6.07 Å². The molecule has 0 fully saturated rings. The highest BCUT2D eigenvalue weighted by atomic mass is 35.5. The van der Waals surface area contributed by atoms with Gasteiger partial charge in [-0.2, -0.15) is 5.26 Å². The summed E-state index contributed by atoms with van der Waals surface area (Å²) in [6, 6.07) is 3.49. The summed E-state index contributed by atoms with van der Waals surface area (Å²) < 4.78 is 0. The van der Waals surface area contributed by atoms with Gasteiger partial charge in [-0.1, -0.05) is 37.0 Å². The normalized spacial score (nSPS) is 10.3. The summed E-state index contributed by atoms with van der Waals surface area (Å²) in [6.07, 6.45) is 1.64. The fraction of sp³-hybridized carbons (Fsp3) is 0.462. The van der Waals surface area contributed by atoms with E-state index in [-0.39, 0.29) is 22.5 Å². The highest BCUT2D eigenvalue weighted by Crippen LogP contribution is 2.20. The van der Waals surface area contributed by atoms with Gasteiger partial charge >= 0.3 is 0 Å². The van der Waals surface area contributed by atoms with Crippen molar-refractivity contribution < 1.29 is 4.79 Å². The average molecular weight is 300 g/mol. The molecule has 0 saturated heterocycles. The molecule has 1 aromatic heterocycles. The Balaban J connectivity index is 2.97. The third kappa shape index (κ3) is 4.70. The Labute approximate surface area is 122 Å². The smallest absolute Gasteiger partial charge is 0.255 e. The van der Waals surface area contributed by atoms with Crippen molar-refractivity contribution in [3.05, 3.63) is 28.0 Å². The number of aromatic nitrogens is 1. The SMILES string of the molecule is CC(C)CN(CCC#N)C(=O)c1cc(Cl)ncc1Cl. The van der Waals surface area contributed by atoms with Gasteiger partial charge in [-0.25, -0.2) is 4.98 Å². The quantitative estimate of drug-likeness (QED) is 0.783. The zero-order chi connectivity index (χ0) is 14.4. The van der Waals surface area contributed by atoms with Gasteiger partial charge in [0.1, 0.15) is 5.15 Å². The van der Waals surface area contributed by atoms with Gasteiger partial charge in [0.25, 0.3) is 5.91 Å². The number of hydrogen-bond donors (Lipinski definition) is 0. The Morgan fingerprint density at radius 1 is 1.53 bits per heavy atom. The van der Waals surface area contributed by atoms with E-state index in [4.69, 9.17) is 28.5 Å². The van der Waals surface area contributed by atoms with Gasteiger partial charge in [0.05, 0.1) is 23.1 Å². The molecule has 0 bridgehead atoms. The first-order valence-electron chi connectivity index (χ1n) is 5.93. The van der Waals surface area contributed by atoms with Crippen molar-refractivity contribution in [1.29, 1.82) is 5.26 Å². The van der Waals surface area contributed by atoms with Crippen LogP contribution in [0.2, 0.25) is 10.2 Å². The van der Waals surface area contributed by atoms with Crippen LogP contribution in [0.3, 0.4) is 0 Å². The monoisotopic (exact) mass is 299 g/mol. The molecule has 1 amide bonds. The highest BCUT2D eigenvalue weighted by Gasteiger charge is 2.19. The maximum Gasteiger partial charge on any atom is 0.255 e. The van der Waals surface area contributed by atoms with E-state index in [1.807, 2.05) is 19.9 Å². The van der Waals surface area contributed by atoms with E-state index in [0.717, 1.165) is 0 Å². The molecule has 0 unspecified atom stereocenters. The number of carbonyl (C=O) groups excluding carboxylic acids is 1. The second-order valence-corrected chi connectivity index (χ2v) is 5.33. The molecule has 19 heavy (non-hydrogen) atoms. The van der Waals surface area contributed by atoms with E-state index in [9.17, 15) is 4.79 Å². The minimum absolute atomic E-state index is 0.220. The lowest BCUT2D eigenvalue weighted by Crippen LogP contribution is -2.35. The first-order chi connectivity index (χ1) is 8.95. The summed E-state index contributed by atoms with van der Waals surface area (Å²) in [5.74, 6) is 0.0805. The number of nitrogens with zero attached hydrogens (tertiary/aromatic N) is 3. The number of nitriles is 1. The fourth-order valence-electron chi connectivity index (χ4n) is 1.65. The Hall–Kier alpha value is -1.31. The zero-order valence-electron chi connectivity index (χ0n) is 10.9. The zero-order valence-corrected chi connectivity index (χ0v) is 12.4. The van der Waals surface area contributed by atoms with Crippen molar-refractivity contribution in [1.82, 2.24) is 9.88 Å². The fourth-order valence-corrected chi connectivity index (χ4v) is 1.99. The van der Waals surface area contributed by atoms with Crippen molar-refractivity contribution >= 4 is 29.1 Å². The standard InChI is InChI=1S/C13H15Cl2N3O/c1-9(2)8-18(5-3-4-16)13(19)10-6-12(15)17-7-11(10)14/h6-7,9H,3,5,8H2,1-2H3. The molecule has 0 aliphatic carbocycles. The third-order valence-corrected chi connectivity index (χ3v) is 2.93. The van der Waals surface area contributed by atoms with Crippen molar-refractivity contribution in [2.75, 3.05) is 13.1 Å². The van der Waals surface area contributed by atoms with E-state index in [2.05, 4.69) is 4.98 Å². The van der Waals surface area contributed by atoms with E-state index >= 15 is 0 Å². The van der Waals surface area contributed by atoms with Crippen LogP contribution in [0.5, 0.6) is 0 Å². The van der Waals surface area contributed by atoms with E-state index in [1.54, 1.807) is 4.90 Å². The minimum atomic E-state index is -0.224. The molecule has 1 aromatic rings. The predicted octanol–water partition coefficient (Wildman–Crippen LogP) is 3.40. The van der Waals surface area contributed by atoms with Crippen LogP contribution in [0.4, 0.5) is 0 Å². The van der Waals surface area contributed by atoms with Gasteiger partial charge in [-0.05, 0) is 12.0 Å². The van der Waals surface area contributed by atoms with Crippen LogP contribution >= 0.6 is 23.2 Å². The van der Waals surface area contributed by atoms with Gasteiger partial charge in [0.15, 0.2) is 0 Å². The first-order valence-corrected chi connectivity index (χ1v) is 6.68. The Morgan fingerprint density at radius 2 is 2.21 bits per heavy atom. The highest BCUT2D eigenvalue weighted by molar-refractivity contribution is 6.35.